The Morgan fingerprint density at radius 1 is 1.24 bits per heavy atom. The van der Waals surface area contributed by atoms with Crippen molar-refractivity contribution in [3.63, 3.8) is 0 Å². The monoisotopic (exact) mass is 465 g/mol. The summed E-state index contributed by atoms with van der Waals surface area (Å²) in [7, 11) is 0. The largest absolute Gasteiger partial charge is 0.378 e. The molecule has 3 aromatic rings. The highest BCUT2D eigenvalue weighted by Crippen LogP contribution is 2.23. The van der Waals surface area contributed by atoms with Crippen LogP contribution in [-0.2, 0) is 17.9 Å². The molecular weight excluding hydrogens is 442 g/mol. The number of carbonyl (C=O) groups is 1. The highest BCUT2D eigenvalue weighted by Gasteiger charge is 2.19. The van der Waals surface area contributed by atoms with Gasteiger partial charge in [-0.2, -0.15) is 5.10 Å². The molecule has 0 aliphatic rings. The maximum absolute atomic E-state index is 12.4. The Kier molecular flexibility index (Phi) is 8.30. The Morgan fingerprint density at radius 2 is 1.97 bits per heavy atom. The third-order valence-corrected chi connectivity index (χ3v) is 5.55. The molecule has 170 valence electrons. The van der Waals surface area contributed by atoms with Gasteiger partial charge in [-0.25, -0.2) is 5.43 Å². The quantitative estimate of drug-likeness (QED) is 0.146. The zero-order chi connectivity index (χ0) is 23.6. The first-order chi connectivity index (χ1) is 16.0. The molecule has 1 atom stereocenters. The zero-order valence-corrected chi connectivity index (χ0v) is 18.7. The van der Waals surface area contributed by atoms with Gasteiger partial charge in [-0.3, -0.25) is 14.9 Å². The lowest BCUT2D eigenvalue weighted by Crippen LogP contribution is -2.27. The van der Waals surface area contributed by atoms with Gasteiger partial charge in [-0.1, -0.05) is 36.0 Å². The normalized spacial score (nSPS) is 11.8. The molecule has 1 heterocycles. The average molecular weight is 466 g/mol. The third-order valence-electron chi connectivity index (χ3n) is 4.47. The molecule has 0 bridgehead atoms. The minimum Gasteiger partial charge on any atom is -0.378 e. The number of nitro benzene ring substituents is 1. The highest BCUT2D eigenvalue weighted by molar-refractivity contribution is 8.00. The van der Waals surface area contributed by atoms with E-state index in [0.29, 0.717) is 23.8 Å². The Balaban J connectivity index is 1.58. The van der Waals surface area contributed by atoms with Crippen LogP contribution in [0.5, 0.6) is 0 Å². The standard InChI is InChI=1S/C22H23N7O3S/c1-3-13-28-20(15-23-18-7-5-4-6-8-18)25-27-22(28)33-16(2)21(30)26-24-14-17-9-11-19(12-10-17)29(31)32/h3-12,14,16,23H,1,13,15H2,2H3,(H,26,30)/t16-/m1/s1. The number of hydrazone groups is 1. The Labute approximate surface area is 195 Å². The van der Waals surface area contributed by atoms with Crippen molar-refractivity contribution in [2.45, 2.75) is 30.4 Å². The molecule has 1 aromatic heterocycles. The fourth-order valence-electron chi connectivity index (χ4n) is 2.74. The van der Waals surface area contributed by atoms with E-state index in [1.54, 1.807) is 25.1 Å². The highest BCUT2D eigenvalue weighted by atomic mass is 32.2. The van der Waals surface area contributed by atoms with Gasteiger partial charge < -0.3 is 9.88 Å². The van der Waals surface area contributed by atoms with E-state index in [0.717, 1.165) is 11.5 Å². The van der Waals surface area contributed by atoms with Gasteiger partial charge in [0, 0.05) is 24.4 Å². The van der Waals surface area contributed by atoms with Gasteiger partial charge >= 0.3 is 0 Å². The summed E-state index contributed by atoms with van der Waals surface area (Å²) in [5, 5.41) is 26.5. The summed E-state index contributed by atoms with van der Waals surface area (Å²) < 4.78 is 1.90. The van der Waals surface area contributed by atoms with Gasteiger partial charge in [0.05, 0.1) is 22.9 Å². The van der Waals surface area contributed by atoms with Crippen LogP contribution in [0.3, 0.4) is 0 Å². The van der Waals surface area contributed by atoms with E-state index in [9.17, 15) is 14.9 Å². The first-order valence-corrected chi connectivity index (χ1v) is 10.9. The lowest BCUT2D eigenvalue weighted by atomic mass is 10.2. The molecule has 1 amide bonds. The molecule has 0 radical (unpaired) electrons. The fraction of sp³-hybridized carbons (Fsp3) is 0.182. The topological polar surface area (TPSA) is 127 Å². The van der Waals surface area contributed by atoms with E-state index in [-0.39, 0.29) is 11.6 Å². The number of carbonyl (C=O) groups excluding carboxylic acids is 1. The lowest BCUT2D eigenvalue weighted by molar-refractivity contribution is -0.384. The van der Waals surface area contributed by atoms with Gasteiger partial charge in [-0.15, -0.1) is 16.8 Å². The van der Waals surface area contributed by atoms with Gasteiger partial charge in [0.2, 0.25) is 0 Å². The number of para-hydroxylation sites is 1. The van der Waals surface area contributed by atoms with E-state index in [1.807, 2.05) is 34.9 Å². The van der Waals surface area contributed by atoms with E-state index in [4.69, 9.17) is 0 Å². The third kappa shape index (κ3) is 6.74. The number of thioether (sulfide) groups is 1. The number of nitrogens with zero attached hydrogens (tertiary/aromatic N) is 5. The van der Waals surface area contributed by atoms with Crippen molar-refractivity contribution >= 4 is 35.3 Å². The zero-order valence-electron chi connectivity index (χ0n) is 17.9. The molecule has 2 aromatic carbocycles. The molecule has 0 aliphatic heterocycles. The number of nitrogens with one attached hydrogen (secondary N) is 2. The van der Waals surface area contributed by atoms with Crippen LogP contribution in [0, 0.1) is 10.1 Å². The average Bonchev–Trinajstić information content (AvgIpc) is 3.20. The van der Waals surface area contributed by atoms with E-state index in [2.05, 4.69) is 32.6 Å². The summed E-state index contributed by atoms with van der Waals surface area (Å²) in [5.74, 6) is 0.417. The van der Waals surface area contributed by atoms with E-state index >= 15 is 0 Å². The summed E-state index contributed by atoms with van der Waals surface area (Å²) in [6, 6.07) is 15.6. The minimum atomic E-state index is -0.485. The van der Waals surface area contributed by atoms with Crippen LogP contribution in [0.1, 0.15) is 18.3 Å². The molecule has 0 saturated carbocycles. The van der Waals surface area contributed by atoms with Crippen LogP contribution >= 0.6 is 11.8 Å². The van der Waals surface area contributed by atoms with Crippen molar-refractivity contribution in [1.29, 1.82) is 0 Å². The first kappa shape index (κ1) is 23.7. The van der Waals surface area contributed by atoms with Crippen molar-refractivity contribution in [3.05, 3.63) is 88.8 Å². The second kappa shape index (κ2) is 11.6. The van der Waals surface area contributed by atoms with Crippen LogP contribution in [0.25, 0.3) is 0 Å². The van der Waals surface area contributed by atoms with E-state index < -0.39 is 10.2 Å². The fourth-order valence-corrected chi connectivity index (χ4v) is 3.61. The SMILES string of the molecule is C=CCn1c(CNc2ccccc2)nnc1S[C@H](C)C(=O)NN=Cc1ccc([N+](=O)[O-])cc1. The summed E-state index contributed by atoms with van der Waals surface area (Å²) in [6.07, 6.45) is 3.17. The number of aromatic nitrogens is 3. The van der Waals surface area contributed by atoms with E-state index in [1.165, 1.54) is 30.1 Å². The van der Waals surface area contributed by atoms with Crippen molar-refractivity contribution in [2.24, 2.45) is 5.10 Å². The van der Waals surface area contributed by atoms with Crippen LogP contribution in [0.15, 0.2) is 77.5 Å². The second-order valence-electron chi connectivity index (χ2n) is 6.86. The lowest BCUT2D eigenvalue weighted by Gasteiger charge is -2.12. The van der Waals surface area contributed by atoms with Crippen LogP contribution in [0.2, 0.25) is 0 Å². The molecule has 0 fully saturated rings. The van der Waals surface area contributed by atoms with Gasteiger partial charge in [0.1, 0.15) is 0 Å². The number of hydrogen-bond acceptors (Lipinski definition) is 8. The van der Waals surface area contributed by atoms with Gasteiger partial charge in [0.15, 0.2) is 11.0 Å². The number of amides is 1. The molecule has 0 aliphatic carbocycles. The van der Waals surface area contributed by atoms with Gasteiger partial charge in [-0.05, 0) is 36.8 Å². The summed E-state index contributed by atoms with van der Waals surface area (Å²) >= 11 is 1.27. The molecule has 10 nitrogen and oxygen atoms in total. The smallest absolute Gasteiger partial charge is 0.269 e. The molecule has 0 unspecified atom stereocenters. The summed E-state index contributed by atoms with van der Waals surface area (Å²) in [6.45, 7) is 6.52. The predicted octanol–water partition coefficient (Wildman–Crippen LogP) is 3.62. The predicted molar refractivity (Wildman–Crippen MR) is 128 cm³/mol. The number of allylic oxidation sites excluding steroid dienone is 1. The molecule has 0 spiro atoms. The van der Waals surface area contributed by atoms with Gasteiger partial charge in [0.25, 0.3) is 11.6 Å². The number of rotatable bonds is 11. The Bertz CT molecular complexity index is 1130. The Morgan fingerprint density at radius 3 is 2.64 bits per heavy atom. The summed E-state index contributed by atoms with van der Waals surface area (Å²) in [5.41, 5.74) is 4.07. The number of hydrogen-bond donors (Lipinski definition) is 2. The van der Waals surface area contributed by atoms with Crippen molar-refractivity contribution < 1.29 is 9.72 Å². The number of anilines is 1. The van der Waals surface area contributed by atoms with Crippen LogP contribution < -0.4 is 10.7 Å². The summed E-state index contributed by atoms with van der Waals surface area (Å²) in [4.78, 5) is 22.7. The molecule has 33 heavy (non-hydrogen) atoms. The molecular formula is C22H23N7O3S. The maximum atomic E-state index is 12.4. The van der Waals surface area contributed by atoms with Crippen molar-refractivity contribution in [2.75, 3.05) is 5.32 Å². The van der Waals surface area contributed by atoms with Crippen molar-refractivity contribution in [3.8, 4) is 0 Å². The first-order valence-electron chi connectivity index (χ1n) is 10.0. The number of non-ortho nitro benzene ring substituents is 1. The molecule has 3 rings (SSSR count). The molecule has 11 heteroatoms. The van der Waals surface area contributed by atoms with Crippen molar-refractivity contribution in [1.82, 2.24) is 20.2 Å². The van der Waals surface area contributed by atoms with Crippen LogP contribution in [0.4, 0.5) is 11.4 Å². The Hall–Kier alpha value is -3.99. The number of benzene rings is 2. The number of nitro groups is 1. The second-order valence-corrected chi connectivity index (χ2v) is 8.17. The minimum absolute atomic E-state index is 0.0109. The maximum Gasteiger partial charge on any atom is 0.269 e. The molecule has 2 N–H and O–H groups in total. The molecule has 0 saturated heterocycles. The van der Waals surface area contributed by atoms with Crippen LogP contribution in [-0.4, -0.2) is 37.1 Å².